The first-order valence-corrected chi connectivity index (χ1v) is 10.9. The Balaban J connectivity index is 1.51. The number of hydrogen-bond acceptors (Lipinski definition) is 6. The molecule has 1 aliphatic carbocycles. The van der Waals surface area contributed by atoms with E-state index >= 15 is 0 Å². The van der Waals surface area contributed by atoms with Crippen molar-refractivity contribution in [1.29, 1.82) is 0 Å². The molecule has 1 aliphatic rings. The smallest absolute Gasteiger partial charge is 0.254 e. The average molecular weight is 404 g/mol. The topological polar surface area (TPSA) is 77.2 Å². The zero-order chi connectivity index (χ0) is 19.9. The van der Waals surface area contributed by atoms with Crippen LogP contribution in [0.3, 0.4) is 0 Å². The summed E-state index contributed by atoms with van der Waals surface area (Å²) in [6.07, 6.45) is 6.93. The summed E-state index contributed by atoms with van der Waals surface area (Å²) in [5.74, 6) is 1.96. The maximum absolute atomic E-state index is 12.6. The van der Waals surface area contributed by atoms with Gasteiger partial charge in [0.25, 0.3) is 5.91 Å². The minimum atomic E-state index is -0.116. The summed E-state index contributed by atoms with van der Waals surface area (Å²) in [7, 11) is 0. The van der Waals surface area contributed by atoms with Crippen molar-refractivity contribution in [3.8, 4) is 0 Å². The number of aromatic nitrogens is 2. The molecule has 28 heavy (non-hydrogen) atoms. The van der Waals surface area contributed by atoms with E-state index < -0.39 is 0 Å². The first-order valence-electron chi connectivity index (χ1n) is 9.95. The van der Waals surface area contributed by atoms with Crippen LogP contribution in [-0.2, 0) is 10.5 Å². The number of thioether (sulfide) groups is 1. The quantitative estimate of drug-likeness (QED) is 0.523. The minimum absolute atomic E-state index is 0.116. The molecule has 0 spiro atoms. The van der Waals surface area contributed by atoms with Crippen molar-refractivity contribution < 1.29 is 14.1 Å². The Morgan fingerprint density at radius 2 is 2.18 bits per heavy atom. The molecule has 1 saturated carbocycles. The molecule has 0 aliphatic heterocycles. The molecule has 0 aromatic carbocycles. The summed E-state index contributed by atoms with van der Waals surface area (Å²) >= 11 is 1.52. The lowest BCUT2D eigenvalue weighted by Crippen LogP contribution is -2.32. The molecule has 7 heteroatoms. The maximum Gasteiger partial charge on any atom is 0.254 e. The molecule has 0 radical (unpaired) electrons. The highest BCUT2D eigenvalue weighted by Crippen LogP contribution is 2.27. The second-order valence-electron chi connectivity index (χ2n) is 7.37. The van der Waals surface area contributed by atoms with E-state index in [0.29, 0.717) is 41.5 Å². The van der Waals surface area contributed by atoms with Gasteiger partial charge in [0.05, 0.1) is 24.0 Å². The predicted molar refractivity (Wildman–Crippen MR) is 109 cm³/mol. The summed E-state index contributed by atoms with van der Waals surface area (Å²) in [6.45, 7) is 7.12. The summed E-state index contributed by atoms with van der Waals surface area (Å²) in [5.41, 5.74) is 2.52. The number of carbonyl (C=O) groups is 1. The van der Waals surface area contributed by atoms with E-state index in [1.807, 2.05) is 19.9 Å². The average Bonchev–Trinajstić information content (AvgIpc) is 3.02. The fourth-order valence-electron chi connectivity index (χ4n) is 3.53. The summed E-state index contributed by atoms with van der Waals surface area (Å²) in [6, 6.07) is 3.59. The highest BCUT2D eigenvalue weighted by Gasteiger charge is 2.21. The molecule has 0 unspecified atom stereocenters. The Kier molecular flexibility index (Phi) is 7.50. The number of rotatable bonds is 8. The number of pyridine rings is 1. The van der Waals surface area contributed by atoms with Gasteiger partial charge in [-0.3, -0.25) is 4.79 Å². The first-order chi connectivity index (χ1) is 13.6. The molecule has 0 bridgehead atoms. The van der Waals surface area contributed by atoms with Crippen molar-refractivity contribution in [3.63, 3.8) is 0 Å². The number of nitrogens with one attached hydrogen (secondary N) is 1. The van der Waals surface area contributed by atoms with Crippen LogP contribution in [0.25, 0.3) is 0 Å². The van der Waals surface area contributed by atoms with E-state index in [9.17, 15) is 4.79 Å². The normalized spacial score (nSPS) is 19.5. The third kappa shape index (κ3) is 5.35. The standard InChI is InChI=1S/C21H29N3O3S/c1-14-7-4-5-9-19(14)26-12-11-22-20(25)17-8-6-10-23-21(17)28-13-18-15(2)24-27-16(18)3/h6,8,10,14,19H,4-5,7,9,11-13H2,1-3H3,(H,22,25)/t14-,19-/m1/s1. The van der Waals surface area contributed by atoms with E-state index in [1.54, 1.807) is 12.3 Å². The zero-order valence-electron chi connectivity index (χ0n) is 16.9. The van der Waals surface area contributed by atoms with Crippen LogP contribution in [0.1, 0.15) is 60.0 Å². The fraction of sp³-hybridized carbons (Fsp3) is 0.571. The van der Waals surface area contributed by atoms with Gasteiger partial charge in [0, 0.05) is 24.1 Å². The van der Waals surface area contributed by atoms with Gasteiger partial charge in [-0.05, 0) is 44.7 Å². The Hall–Kier alpha value is -1.86. The Morgan fingerprint density at radius 3 is 2.93 bits per heavy atom. The molecule has 1 N–H and O–H groups in total. The predicted octanol–water partition coefficient (Wildman–Crippen LogP) is 4.30. The van der Waals surface area contributed by atoms with E-state index in [1.165, 1.54) is 31.0 Å². The van der Waals surface area contributed by atoms with Gasteiger partial charge in [0.2, 0.25) is 0 Å². The Bertz CT molecular complexity index is 773. The highest BCUT2D eigenvalue weighted by molar-refractivity contribution is 7.98. The summed E-state index contributed by atoms with van der Waals surface area (Å²) in [5, 5.41) is 7.65. The van der Waals surface area contributed by atoms with Gasteiger partial charge in [0.15, 0.2) is 0 Å². The van der Waals surface area contributed by atoms with Crippen LogP contribution < -0.4 is 5.32 Å². The zero-order valence-corrected chi connectivity index (χ0v) is 17.7. The molecule has 1 fully saturated rings. The number of carbonyl (C=O) groups excluding carboxylic acids is 1. The SMILES string of the molecule is Cc1noc(C)c1CSc1ncccc1C(=O)NCCO[C@@H]1CCCC[C@H]1C. The highest BCUT2D eigenvalue weighted by atomic mass is 32.2. The van der Waals surface area contributed by atoms with Crippen LogP contribution in [0.15, 0.2) is 27.9 Å². The van der Waals surface area contributed by atoms with Crippen molar-refractivity contribution in [2.24, 2.45) is 5.92 Å². The van der Waals surface area contributed by atoms with Crippen molar-refractivity contribution in [3.05, 3.63) is 40.9 Å². The van der Waals surface area contributed by atoms with Crippen molar-refractivity contribution in [2.75, 3.05) is 13.2 Å². The molecule has 152 valence electrons. The van der Waals surface area contributed by atoms with E-state index in [0.717, 1.165) is 23.4 Å². The van der Waals surface area contributed by atoms with Gasteiger partial charge in [-0.2, -0.15) is 0 Å². The van der Waals surface area contributed by atoms with Gasteiger partial charge in [-0.25, -0.2) is 4.98 Å². The van der Waals surface area contributed by atoms with Gasteiger partial charge < -0.3 is 14.6 Å². The molecule has 0 saturated heterocycles. The number of hydrogen-bond donors (Lipinski definition) is 1. The largest absolute Gasteiger partial charge is 0.376 e. The van der Waals surface area contributed by atoms with Crippen LogP contribution in [0.2, 0.25) is 0 Å². The van der Waals surface area contributed by atoms with Gasteiger partial charge in [-0.1, -0.05) is 24.9 Å². The van der Waals surface area contributed by atoms with E-state index in [-0.39, 0.29) is 5.91 Å². The number of ether oxygens (including phenoxy) is 1. The van der Waals surface area contributed by atoms with Gasteiger partial charge in [-0.15, -0.1) is 11.8 Å². The van der Waals surface area contributed by atoms with Crippen molar-refractivity contribution in [2.45, 2.75) is 63.3 Å². The number of aryl methyl sites for hydroxylation is 2. The molecule has 6 nitrogen and oxygen atoms in total. The van der Waals surface area contributed by atoms with Crippen molar-refractivity contribution in [1.82, 2.24) is 15.5 Å². The molecular weight excluding hydrogens is 374 g/mol. The van der Waals surface area contributed by atoms with Gasteiger partial charge in [0.1, 0.15) is 10.8 Å². The van der Waals surface area contributed by atoms with E-state index in [2.05, 4.69) is 22.4 Å². The van der Waals surface area contributed by atoms with Crippen LogP contribution in [0, 0.1) is 19.8 Å². The van der Waals surface area contributed by atoms with Crippen LogP contribution in [0.4, 0.5) is 0 Å². The molecular formula is C21H29N3O3S. The van der Waals surface area contributed by atoms with Crippen LogP contribution >= 0.6 is 11.8 Å². The Morgan fingerprint density at radius 1 is 1.36 bits per heavy atom. The molecule has 2 atom stereocenters. The van der Waals surface area contributed by atoms with Crippen molar-refractivity contribution >= 4 is 17.7 Å². The second kappa shape index (κ2) is 10.1. The van der Waals surface area contributed by atoms with Gasteiger partial charge >= 0.3 is 0 Å². The Labute approximate surface area is 170 Å². The molecule has 3 rings (SSSR count). The minimum Gasteiger partial charge on any atom is -0.376 e. The third-order valence-electron chi connectivity index (χ3n) is 5.30. The maximum atomic E-state index is 12.6. The number of amides is 1. The monoisotopic (exact) mass is 403 g/mol. The van der Waals surface area contributed by atoms with Crippen LogP contribution in [0.5, 0.6) is 0 Å². The summed E-state index contributed by atoms with van der Waals surface area (Å²) < 4.78 is 11.2. The fourth-order valence-corrected chi connectivity index (χ4v) is 4.67. The molecule has 2 aromatic rings. The molecule has 1 amide bonds. The third-order valence-corrected chi connectivity index (χ3v) is 6.33. The molecule has 2 heterocycles. The number of nitrogens with zero attached hydrogens (tertiary/aromatic N) is 2. The van der Waals surface area contributed by atoms with Crippen LogP contribution in [-0.4, -0.2) is 35.3 Å². The lowest BCUT2D eigenvalue weighted by Gasteiger charge is -2.28. The lowest BCUT2D eigenvalue weighted by atomic mass is 9.88. The second-order valence-corrected chi connectivity index (χ2v) is 8.34. The summed E-state index contributed by atoms with van der Waals surface area (Å²) in [4.78, 5) is 17.0. The first kappa shape index (κ1) is 20.9. The van der Waals surface area contributed by atoms with E-state index in [4.69, 9.17) is 9.26 Å². The molecule has 2 aromatic heterocycles. The lowest BCUT2D eigenvalue weighted by molar-refractivity contribution is -0.00294.